The monoisotopic (exact) mass is 429 g/mol. The van der Waals surface area contributed by atoms with Crippen molar-refractivity contribution < 1.29 is 4.74 Å². The largest absolute Gasteiger partial charge is 0.494 e. The SMILES string of the molecule is C=CCn1c(SCc2ccc(Br)cc2)nnc1-c1ccc(OCC)cc1. The van der Waals surface area contributed by atoms with Crippen LogP contribution >= 0.6 is 27.7 Å². The zero-order valence-electron chi connectivity index (χ0n) is 14.6. The molecule has 0 aliphatic heterocycles. The Kier molecular flexibility index (Phi) is 6.52. The molecule has 0 amide bonds. The molecular formula is C20H20BrN3OS. The van der Waals surface area contributed by atoms with Crippen LogP contribution in [-0.2, 0) is 12.3 Å². The number of thioether (sulfide) groups is 1. The minimum absolute atomic E-state index is 0.656. The van der Waals surface area contributed by atoms with Crippen molar-refractivity contribution in [2.75, 3.05) is 6.61 Å². The Morgan fingerprint density at radius 3 is 2.50 bits per heavy atom. The number of aromatic nitrogens is 3. The van der Waals surface area contributed by atoms with E-state index in [-0.39, 0.29) is 0 Å². The van der Waals surface area contributed by atoms with Gasteiger partial charge in [-0.05, 0) is 48.9 Å². The summed E-state index contributed by atoms with van der Waals surface area (Å²) in [6.07, 6.45) is 1.87. The highest BCUT2D eigenvalue weighted by atomic mass is 79.9. The molecule has 1 aromatic heterocycles. The van der Waals surface area contributed by atoms with Crippen LogP contribution in [0.1, 0.15) is 12.5 Å². The molecule has 4 nitrogen and oxygen atoms in total. The van der Waals surface area contributed by atoms with Crippen LogP contribution in [0.4, 0.5) is 0 Å². The normalized spacial score (nSPS) is 10.7. The van der Waals surface area contributed by atoms with Gasteiger partial charge in [0.1, 0.15) is 5.75 Å². The molecule has 0 aliphatic carbocycles. The molecule has 3 rings (SSSR count). The van der Waals surface area contributed by atoms with Gasteiger partial charge >= 0.3 is 0 Å². The third kappa shape index (κ3) is 4.56. The molecule has 0 saturated heterocycles. The molecule has 0 saturated carbocycles. The van der Waals surface area contributed by atoms with Crippen LogP contribution in [0, 0.1) is 0 Å². The minimum atomic E-state index is 0.656. The fourth-order valence-corrected chi connectivity index (χ4v) is 3.67. The molecule has 6 heteroatoms. The Labute approximate surface area is 166 Å². The number of allylic oxidation sites excluding steroid dienone is 1. The van der Waals surface area contributed by atoms with Gasteiger partial charge in [0, 0.05) is 22.3 Å². The maximum atomic E-state index is 5.51. The summed E-state index contributed by atoms with van der Waals surface area (Å²) in [5, 5.41) is 9.68. The first-order chi connectivity index (χ1) is 12.7. The Bertz CT molecular complexity index is 860. The average Bonchev–Trinajstić information content (AvgIpc) is 3.05. The van der Waals surface area contributed by atoms with Crippen LogP contribution in [0.2, 0.25) is 0 Å². The average molecular weight is 430 g/mol. The molecule has 1 heterocycles. The van der Waals surface area contributed by atoms with E-state index in [1.54, 1.807) is 11.8 Å². The predicted molar refractivity (Wildman–Crippen MR) is 111 cm³/mol. The van der Waals surface area contributed by atoms with Crippen LogP contribution in [0.25, 0.3) is 11.4 Å². The minimum Gasteiger partial charge on any atom is -0.494 e. The molecule has 3 aromatic rings. The predicted octanol–water partition coefficient (Wildman–Crippen LogP) is 5.58. The van der Waals surface area contributed by atoms with Crippen molar-refractivity contribution in [1.82, 2.24) is 14.8 Å². The Hall–Kier alpha value is -2.05. The van der Waals surface area contributed by atoms with Gasteiger partial charge in [-0.3, -0.25) is 4.57 Å². The zero-order valence-corrected chi connectivity index (χ0v) is 17.0. The van der Waals surface area contributed by atoms with Gasteiger partial charge in [-0.25, -0.2) is 0 Å². The van der Waals surface area contributed by atoms with Crippen molar-refractivity contribution in [3.8, 4) is 17.1 Å². The maximum absolute atomic E-state index is 5.51. The van der Waals surface area contributed by atoms with Crippen LogP contribution in [0.15, 0.2) is 70.8 Å². The molecule has 0 atom stereocenters. The summed E-state index contributed by atoms with van der Waals surface area (Å²) in [7, 11) is 0. The first kappa shape index (κ1) is 18.7. The van der Waals surface area contributed by atoms with Gasteiger partial charge in [0.2, 0.25) is 0 Å². The van der Waals surface area contributed by atoms with Crippen LogP contribution in [0.5, 0.6) is 5.75 Å². The van der Waals surface area contributed by atoms with E-state index < -0.39 is 0 Å². The van der Waals surface area contributed by atoms with E-state index in [9.17, 15) is 0 Å². The second kappa shape index (κ2) is 9.05. The second-order valence-corrected chi connectivity index (χ2v) is 7.44. The van der Waals surface area contributed by atoms with Crippen LogP contribution < -0.4 is 4.74 Å². The lowest BCUT2D eigenvalue weighted by atomic mass is 10.2. The molecule has 0 N–H and O–H groups in total. The summed E-state index contributed by atoms with van der Waals surface area (Å²) in [5.41, 5.74) is 2.26. The zero-order chi connectivity index (χ0) is 18.4. The van der Waals surface area contributed by atoms with Gasteiger partial charge in [-0.15, -0.1) is 16.8 Å². The van der Waals surface area contributed by atoms with Crippen LogP contribution in [0.3, 0.4) is 0 Å². The van der Waals surface area contributed by atoms with E-state index in [0.29, 0.717) is 13.2 Å². The lowest BCUT2D eigenvalue weighted by molar-refractivity contribution is 0.340. The maximum Gasteiger partial charge on any atom is 0.192 e. The van der Waals surface area contributed by atoms with Gasteiger partial charge in [-0.1, -0.05) is 45.9 Å². The van der Waals surface area contributed by atoms with Crippen molar-refractivity contribution in [3.63, 3.8) is 0 Å². The highest BCUT2D eigenvalue weighted by Gasteiger charge is 2.13. The third-order valence-electron chi connectivity index (χ3n) is 3.73. The number of halogens is 1. The van der Waals surface area contributed by atoms with Gasteiger partial charge in [-0.2, -0.15) is 0 Å². The summed E-state index contributed by atoms with van der Waals surface area (Å²) in [6, 6.07) is 16.3. The van der Waals surface area contributed by atoms with E-state index in [1.807, 2.05) is 37.3 Å². The fourth-order valence-electron chi connectivity index (χ4n) is 2.50. The first-order valence-corrected chi connectivity index (χ1v) is 10.1. The molecule has 134 valence electrons. The lowest BCUT2D eigenvalue weighted by Gasteiger charge is -2.09. The molecule has 0 fully saturated rings. The third-order valence-corrected chi connectivity index (χ3v) is 5.30. The topological polar surface area (TPSA) is 39.9 Å². The number of rotatable bonds is 8. The van der Waals surface area contributed by atoms with Crippen molar-refractivity contribution in [2.45, 2.75) is 24.4 Å². The highest BCUT2D eigenvalue weighted by Crippen LogP contribution is 2.28. The van der Waals surface area contributed by atoms with E-state index >= 15 is 0 Å². The Balaban J connectivity index is 1.80. The number of hydrogen-bond donors (Lipinski definition) is 0. The van der Waals surface area contributed by atoms with Gasteiger partial charge < -0.3 is 4.74 Å². The van der Waals surface area contributed by atoms with E-state index in [4.69, 9.17) is 4.74 Å². The summed E-state index contributed by atoms with van der Waals surface area (Å²) < 4.78 is 8.68. The van der Waals surface area contributed by atoms with Crippen molar-refractivity contribution in [2.24, 2.45) is 0 Å². The van der Waals surface area contributed by atoms with Gasteiger partial charge in [0.25, 0.3) is 0 Å². The fraction of sp³-hybridized carbons (Fsp3) is 0.200. The molecule has 0 spiro atoms. The number of nitrogens with zero attached hydrogens (tertiary/aromatic N) is 3. The number of ether oxygens (including phenoxy) is 1. The summed E-state index contributed by atoms with van der Waals surface area (Å²) in [4.78, 5) is 0. The Morgan fingerprint density at radius 2 is 1.85 bits per heavy atom. The molecular weight excluding hydrogens is 410 g/mol. The Morgan fingerprint density at radius 1 is 1.12 bits per heavy atom. The van der Waals surface area contributed by atoms with Gasteiger partial charge in [0.15, 0.2) is 11.0 Å². The quantitative estimate of drug-likeness (QED) is 0.345. The molecule has 0 unspecified atom stereocenters. The smallest absolute Gasteiger partial charge is 0.192 e. The number of hydrogen-bond acceptors (Lipinski definition) is 4. The molecule has 0 radical (unpaired) electrons. The van der Waals surface area contributed by atoms with E-state index in [2.05, 4.69) is 61.5 Å². The molecule has 2 aromatic carbocycles. The molecule has 0 aliphatic rings. The standard InChI is InChI=1S/C20H20BrN3OS/c1-3-13-24-19(16-7-11-18(12-8-16)25-4-2)22-23-20(24)26-14-15-5-9-17(21)10-6-15/h3,5-12H,1,4,13-14H2,2H3. The second-order valence-electron chi connectivity index (χ2n) is 5.58. The molecule has 0 bridgehead atoms. The highest BCUT2D eigenvalue weighted by molar-refractivity contribution is 9.10. The van der Waals surface area contributed by atoms with E-state index in [0.717, 1.165) is 32.5 Å². The van der Waals surface area contributed by atoms with Crippen LogP contribution in [-0.4, -0.2) is 21.4 Å². The van der Waals surface area contributed by atoms with Crippen molar-refractivity contribution >= 4 is 27.7 Å². The van der Waals surface area contributed by atoms with Crippen molar-refractivity contribution in [3.05, 3.63) is 71.2 Å². The summed E-state index contributed by atoms with van der Waals surface area (Å²) >= 11 is 5.14. The van der Waals surface area contributed by atoms with Crippen molar-refractivity contribution in [1.29, 1.82) is 0 Å². The van der Waals surface area contributed by atoms with E-state index in [1.165, 1.54) is 5.56 Å². The number of benzene rings is 2. The lowest BCUT2D eigenvalue weighted by Crippen LogP contribution is -2.01. The molecule has 26 heavy (non-hydrogen) atoms. The van der Waals surface area contributed by atoms with Gasteiger partial charge in [0.05, 0.1) is 6.61 Å². The first-order valence-electron chi connectivity index (χ1n) is 8.36. The summed E-state index contributed by atoms with van der Waals surface area (Å²) in [6.45, 7) is 7.16. The summed E-state index contributed by atoms with van der Waals surface area (Å²) in [5.74, 6) is 2.54.